The van der Waals surface area contributed by atoms with E-state index in [4.69, 9.17) is 4.42 Å². The molecule has 13 heteroatoms. The minimum atomic E-state index is -4.94. The maximum absolute atomic E-state index is 13.8. The van der Waals surface area contributed by atoms with Gasteiger partial charge < -0.3 is 9.52 Å². The number of pyridine rings is 1. The number of hydrogen-bond donors (Lipinski definition) is 1. The predicted molar refractivity (Wildman–Crippen MR) is 131 cm³/mol. The summed E-state index contributed by atoms with van der Waals surface area (Å²) >= 11 is 0. The van der Waals surface area contributed by atoms with E-state index in [1.165, 1.54) is 12.1 Å². The van der Waals surface area contributed by atoms with E-state index in [0.29, 0.717) is 18.1 Å². The molecule has 204 valence electrons. The monoisotopic (exact) mass is 562 g/mol. The van der Waals surface area contributed by atoms with E-state index in [9.17, 15) is 31.1 Å². The van der Waals surface area contributed by atoms with E-state index in [1.54, 1.807) is 24.5 Å². The van der Waals surface area contributed by atoms with Crippen LogP contribution >= 0.6 is 0 Å². The molecule has 0 saturated heterocycles. The summed E-state index contributed by atoms with van der Waals surface area (Å²) in [4.78, 5) is 3.74. The molecular formula is C26H22F4N4O4S. The zero-order chi connectivity index (χ0) is 28.0. The first kappa shape index (κ1) is 26.8. The summed E-state index contributed by atoms with van der Waals surface area (Å²) in [6.45, 7) is 0.642. The fourth-order valence-electron chi connectivity index (χ4n) is 4.48. The molecule has 1 aliphatic rings. The molecule has 0 saturated carbocycles. The number of aromatic nitrogens is 3. The topological polar surface area (TPSA) is 109 Å². The maximum Gasteiger partial charge on any atom is 0.421 e. The summed E-state index contributed by atoms with van der Waals surface area (Å²) in [6.07, 6.45) is -1.39. The van der Waals surface area contributed by atoms with E-state index >= 15 is 0 Å². The number of nitrogens with zero attached hydrogens (tertiary/aromatic N) is 4. The van der Waals surface area contributed by atoms with E-state index < -0.39 is 39.2 Å². The van der Waals surface area contributed by atoms with Crippen molar-refractivity contribution in [2.45, 2.75) is 48.9 Å². The molecule has 0 bridgehead atoms. The van der Waals surface area contributed by atoms with Crippen molar-refractivity contribution >= 4 is 15.7 Å². The van der Waals surface area contributed by atoms with Crippen LogP contribution < -0.4 is 4.31 Å². The fraction of sp³-hybridized carbons (Fsp3) is 0.269. The summed E-state index contributed by atoms with van der Waals surface area (Å²) < 4.78 is 88.5. The Balaban J connectivity index is 1.56. The van der Waals surface area contributed by atoms with Gasteiger partial charge >= 0.3 is 6.18 Å². The highest BCUT2D eigenvalue weighted by molar-refractivity contribution is 7.92. The molecule has 1 unspecified atom stereocenters. The fourth-order valence-corrected chi connectivity index (χ4v) is 6.20. The van der Waals surface area contributed by atoms with Gasteiger partial charge in [-0.05, 0) is 73.4 Å². The van der Waals surface area contributed by atoms with Crippen molar-refractivity contribution in [2.24, 2.45) is 0 Å². The SMILES string of the molecule is CC(O)(c1ccc2c(c1)CC[C@@H](Cc1nnc(-c3ccncc3)o1)N2S(=O)(=O)c1ccc(F)cc1)C(F)(F)F. The Morgan fingerprint density at radius 3 is 2.41 bits per heavy atom. The van der Waals surface area contributed by atoms with Crippen molar-refractivity contribution in [1.82, 2.24) is 15.2 Å². The van der Waals surface area contributed by atoms with Crippen LogP contribution in [0.5, 0.6) is 0 Å². The first-order valence-corrected chi connectivity index (χ1v) is 13.3. The van der Waals surface area contributed by atoms with Crippen molar-refractivity contribution in [3.8, 4) is 11.5 Å². The number of aryl methyl sites for hydroxylation is 1. The van der Waals surface area contributed by atoms with Gasteiger partial charge in [-0.1, -0.05) is 12.1 Å². The second kappa shape index (κ2) is 9.72. The van der Waals surface area contributed by atoms with Crippen molar-refractivity contribution in [1.29, 1.82) is 0 Å². The summed E-state index contributed by atoms with van der Waals surface area (Å²) in [5.74, 6) is -0.250. The van der Waals surface area contributed by atoms with E-state index in [0.717, 1.165) is 34.6 Å². The third-order valence-electron chi connectivity index (χ3n) is 6.68. The molecule has 0 spiro atoms. The molecule has 0 radical (unpaired) electrons. The highest BCUT2D eigenvalue weighted by Gasteiger charge is 2.51. The van der Waals surface area contributed by atoms with Gasteiger partial charge in [0.1, 0.15) is 5.82 Å². The molecule has 39 heavy (non-hydrogen) atoms. The van der Waals surface area contributed by atoms with Crippen molar-refractivity contribution in [3.05, 3.63) is 89.8 Å². The summed E-state index contributed by atoms with van der Waals surface area (Å²) in [5, 5.41) is 18.2. The second-order valence-corrected chi connectivity index (χ2v) is 11.1. The number of benzene rings is 2. The smallest absolute Gasteiger partial charge is 0.421 e. The number of rotatable bonds is 6. The lowest BCUT2D eigenvalue weighted by molar-refractivity contribution is -0.258. The third kappa shape index (κ3) is 4.99. The van der Waals surface area contributed by atoms with Crippen molar-refractivity contribution in [3.63, 3.8) is 0 Å². The Morgan fingerprint density at radius 2 is 1.74 bits per heavy atom. The van der Waals surface area contributed by atoms with Crippen LogP contribution in [0.1, 0.15) is 30.4 Å². The molecule has 0 fully saturated rings. The molecule has 2 aromatic heterocycles. The summed E-state index contributed by atoms with van der Waals surface area (Å²) in [6, 6.07) is 10.3. The summed E-state index contributed by atoms with van der Waals surface area (Å²) in [5.41, 5.74) is -2.47. The second-order valence-electron chi connectivity index (χ2n) is 9.30. The molecule has 4 aromatic rings. The number of sulfonamides is 1. The average Bonchev–Trinajstić information content (AvgIpc) is 3.36. The number of anilines is 1. The van der Waals surface area contributed by atoms with Gasteiger partial charge in [0, 0.05) is 24.4 Å². The molecular weight excluding hydrogens is 540 g/mol. The van der Waals surface area contributed by atoms with Crippen LogP contribution in [0.25, 0.3) is 11.5 Å². The van der Waals surface area contributed by atoms with Crippen molar-refractivity contribution < 1.29 is 35.5 Å². The Bertz CT molecular complexity index is 1590. The van der Waals surface area contributed by atoms with Crippen LogP contribution in [0, 0.1) is 5.82 Å². The predicted octanol–water partition coefficient (Wildman–Crippen LogP) is 4.79. The number of alkyl halides is 3. The minimum absolute atomic E-state index is 0.0139. The van der Waals surface area contributed by atoms with Gasteiger partial charge in [0.15, 0.2) is 5.60 Å². The van der Waals surface area contributed by atoms with Gasteiger partial charge in [-0.3, -0.25) is 9.29 Å². The Labute approximate surface area is 221 Å². The van der Waals surface area contributed by atoms with Crippen LogP contribution in [0.3, 0.4) is 0 Å². The minimum Gasteiger partial charge on any atom is -0.421 e. The average molecular weight is 563 g/mol. The van der Waals surface area contributed by atoms with E-state index in [1.807, 2.05) is 0 Å². The number of aliphatic hydroxyl groups is 1. The van der Waals surface area contributed by atoms with Gasteiger partial charge in [-0.25, -0.2) is 12.8 Å². The number of halogens is 4. The molecule has 0 aliphatic carbocycles. The highest BCUT2D eigenvalue weighted by atomic mass is 32.2. The lowest BCUT2D eigenvalue weighted by atomic mass is 9.89. The lowest BCUT2D eigenvalue weighted by Gasteiger charge is -2.38. The van der Waals surface area contributed by atoms with E-state index in [-0.39, 0.29) is 41.6 Å². The normalized spacial score (nSPS) is 17.5. The van der Waals surface area contributed by atoms with E-state index in [2.05, 4.69) is 15.2 Å². The quantitative estimate of drug-likeness (QED) is 0.337. The van der Waals surface area contributed by atoms with Crippen LogP contribution in [0.15, 0.2) is 76.3 Å². The van der Waals surface area contributed by atoms with Gasteiger partial charge in [-0.2, -0.15) is 13.2 Å². The Hall–Kier alpha value is -3.84. The van der Waals surface area contributed by atoms with Gasteiger partial charge in [0.25, 0.3) is 10.0 Å². The highest BCUT2D eigenvalue weighted by Crippen LogP contribution is 2.43. The largest absolute Gasteiger partial charge is 0.421 e. The molecule has 2 atom stereocenters. The third-order valence-corrected chi connectivity index (χ3v) is 8.57. The first-order valence-electron chi connectivity index (χ1n) is 11.8. The molecule has 8 nitrogen and oxygen atoms in total. The standard InChI is InChI=1S/C26H22F4N4O4S/c1-25(35,26(28,29)30)18-3-9-22-17(14-18)2-6-20(34(22)39(36,37)21-7-4-19(27)5-8-21)15-23-32-33-24(38-23)16-10-12-31-13-11-16/h3-5,7-14,20,35H,2,6,15H2,1H3/t20-,25?/m0/s1. The molecule has 2 aromatic carbocycles. The number of hydrogen-bond acceptors (Lipinski definition) is 7. The molecule has 0 amide bonds. The maximum atomic E-state index is 13.8. The zero-order valence-corrected chi connectivity index (χ0v) is 21.2. The Morgan fingerprint density at radius 1 is 1.05 bits per heavy atom. The summed E-state index contributed by atoms with van der Waals surface area (Å²) in [7, 11) is -4.30. The number of fused-ring (bicyclic) bond motifs is 1. The van der Waals surface area contributed by atoms with Gasteiger partial charge in [-0.15, -0.1) is 10.2 Å². The lowest BCUT2D eigenvalue weighted by Crippen LogP contribution is -2.45. The van der Waals surface area contributed by atoms with Gasteiger partial charge in [0.05, 0.1) is 16.6 Å². The molecule has 1 aliphatic heterocycles. The van der Waals surface area contributed by atoms with Crippen LogP contribution in [0.4, 0.5) is 23.2 Å². The molecule has 5 rings (SSSR count). The molecule has 3 heterocycles. The van der Waals surface area contributed by atoms with Gasteiger partial charge in [0.2, 0.25) is 11.8 Å². The van der Waals surface area contributed by atoms with Crippen LogP contribution in [-0.4, -0.2) is 40.9 Å². The van der Waals surface area contributed by atoms with Crippen LogP contribution in [-0.2, 0) is 28.5 Å². The van der Waals surface area contributed by atoms with Crippen LogP contribution in [0.2, 0.25) is 0 Å². The van der Waals surface area contributed by atoms with Crippen molar-refractivity contribution in [2.75, 3.05) is 4.31 Å². The first-order chi connectivity index (χ1) is 18.4. The zero-order valence-electron chi connectivity index (χ0n) is 20.4. The molecule has 1 N–H and O–H groups in total. The Kier molecular flexibility index (Phi) is 6.67.